The van der Waals surface area contributed by atoms with Gasteiger partial charge in [0, 0.05) is 32.8 Å². The van der Waals surface area contributed by atoms with Gasteiger partial charge in [0.2, 0.25) is 5.91 Å². The first-order chi connectivity index (χ1) is 14.5. The van der Waals surface area contributed by atoms with Crippen molar-refractivity contribution in [3.63, 3.8) is 0 Å². The van der Waals surface area contributed by atoms with Gasteiger partial charge < -0.3 is 15.2 Å². The van der Waals surface area contributed by atoms with E-state index in [1.165, 1.54) is 6.07 Å². The lowest BCUT2D eigenvalue weighted by atomic mass is 10.2. The number of thioether (sulfide) groups is 1. The van der Waals surface area contributed by atoms with Gasteiger partial charge in [0.25, 0.3) is 0 Å². The summed E-state index contributed by atoms with van der Waals surface area (Å²) in [6.45, 7) is 5.98. The van der Waals surface area contributed by atoms with Crippen molar-refractivity contribution < 1.29 is 15.0 Å². The van der Waals surface area contributed by atoms with Crippen molar-refractivity contribution in [1.29, 1.82) is 0 Å². The normalized spacial score (nSPS) is 10.7. The molecule has 0 aliphatic heterocycles. The molecule has 2 aromatic heterocycles. The second-order valence-electron chi connectivity index (χ2n) is 6.01. The largest absolute Gasteiger partial charge is 0.385 e. The third-order valence-electron chi connectivity index (χ3n) is 4.11. The van der Waals surface area contributed by atoms with Crippen molar-refractivity contribution in [1.82, 2.24) is 19.7 Å². The Labute approximate surface area is 177 Å². The number of nitrogens with zero attached hydrogens (tertiary/aromatic N) is 5. The van der Waals surface area contributed by atoms with Crippen LogP contribution in [0.25, 0.3) is 11.4 Å². The number of carbonyl (C=O) groups excluding carboxylic acids is 1. The molecule has 8 nitrogen and oxygen atoms in total. The van der Waals surface area contributed by atoms with E-state index in [0.717, 1.165) is 23.4 Å². The van der Waals surface area contributed by atoms with Gasteiger partial charge in [0.1, 0.15) is 11.6 Å². The standard InChI is InChI=1S/C19H19F2N7OS.H2/c1-4-28-18(11-7-15(22-2)17(23-3)24-9-11)26-27-19(28)30-10-16(29)25-14-6-5-12(20)8-13(14)21;/h5-9,22H,3-4,10H2,1-2H3,(H,25,29);1H. The number of anilines is 2. The third kappa shape index (κ3) is 4.62. The summed E-state index contributed by atoms with van der Waals surface area (Å²) in [6.07, 6.45) is 1.62. The highest BCUT2D eigenvalue weighted by atomic mass is 32.2. The van der Waals surface area contributed by atoms with Gasteiger partial charge in [-0.2, -0.15) is 0 Å². The lowest BCUT2D eigenvalue weighted by Crippen LogP contribution is -2.15. The van der Waals surface area contributed by atoms with Crippen LogP contribution in [0.3, 0.4) is 0 Å². The molecular formula is C19H21F2N7OS. The van der Waals surface area contributed by atoms with Crippen molar-refractivity contribution in [3.05, 3.63) is 42.1 Å². The summed E-state index contributed by atoms with van der Waals surface area (Å²) in [5, 5.41) is 14.3. The minimum Gasteiger partial charge on any atom is -0.385 e. The molecule has 2 heterocycles. The highest BCUT2D eigenvalue weighted by Crippen LogP contribution is 2.29. The summed E-state index contributed by atoms with van der Waals surface area (Å²) in [6, 6.07) is 4.80. The van der Waals surface area contributed by atoms with E-state index in [4.69, 9.17) is 0 Å². The van der Waals surface area contributed by atoms with Crippen LogP contribution in [0.15, 0.2) is 40.6 Å². The van der Waals surface area contributed by atoms with Gasteiger partial charge in [-0.3, -0.25) is 4.79 Å². The molecule has 0 atom stereocenters. The number of pyridine rings is 1. The summed E-state index contributed by atoms with van der Waals surface area (Å²) in [5.74, 6) is -0.950. The number of carbonyl (C=O) groups is 1. The first-order valence-electron chi connectivity index (χ1n) is 8.92. The van der Waals surface area contributed by atoms with Crippen LogP contribution in [0, 0.1) is 11.6 Å². The fourth-order valence-corrected chi connectivity index (χ4v) is 3.49. The van der Waals surface area contributed by atoms with Crippen LogP contribution < -0.4 is 10.6 Å². The first-order valence-corrected chi connectivity index (χ1v) is 9.91. The van der Waals surface area contributed by atoms with Crippen LogP contribution >= 0.6 is 11.8 Å². The zero-order chi connectivity index (χ0) is 21.7. The fraction of sp³-hybridized carbons (Fsp3) is 0.211. The zero-order valence-electron chi connectivity index (χ0n) is 16.3. The predicted molar refractivity (Wildman–Crippen MR) is 116 cm³/mol. The monoisotopic (exact) mass is 433 g/mol. The minimum absolute atomic E-state index is 0. The Balaban J connectivity index is 0.00000341. The topological polar surface area (TPSA) is 97.1 Å². The van der Waals surface area contributed by atoms with Crippen molar-refractivity contribution in [2.75, 3.05) is 23.4 Å². The van der Waals surface area contributed by atoms with Gasteiger partial charge in [-0.15, -0.1) is 10.2 Å². The van der Waals surface area contributed by atoms with E-state index in [-0.39, 0.29) is 12.9 Å². The highest BCUT2D eigenvalue weighted by molar-refractivity contribution is 7.99. The molecule has 0 bridgehead atoms. The SMILES string of the molecule is C=Nc1ncc(-c2nnc(SCC(=O)Nc3ccc(F)cc3F)n2CC)cc1NC.[HH]. The highest BCUT2D eigenvalue weighted by Gasteiger charge is 2.17. The number of benzene rings is 1. The first kappa shape index (κ1) is 21.4. The predicted octanol–water partition coefficient (Wildman–Crippen LogP) is 3.99. The summed E-state index contributed by atoms with van der Waals surface area (Å²) in [5.41, 5.74) is 1.34. The van der Waals surface area contributed by atoms with E-state index < -0.39 is 17.5 Å². The lowest BCUT2D eigenvalue weighted by molar-refractivity contribution is -0.113. The van der Waals surface area contributed by atoms with Crippen LogP contribution in [0.4, 0.5) is 26.0 Å². The molecule has 158 valence electrons. The molecular weight excluding hydrogens is 412 g/mol. The Morgan fingerprint density at radius 3 is 2.77 bits per heavy atom. The van der Waals surface area contributed by atoms with Gasteiger partial charge in [-0.1, -0.05) is 11.8 Å². The molecule has 0 spiro atoms. The number of aliphatic imine (C=N–C) groups is 1. The van der Waals surface area contributed by atoms with Crippen LogP contribution in [-0.4, -0.2) is 45.2 Å². The van der Waals surface area contributed by atoms with Gasteiger partial charge in [0.15, 0.2) is 16.8 Å². The van der Waals surface area contributed by atoms with E-state index in [9.17, 15) is 13.6 Å². The summed E-state index contributed by atoms with van der Waals surface area (Å²) >= 11 is 1.16. The molecule has 1 aromatic carbocycles. The second-order valence-corrected chi connectivity index (χ2v) is 6.96. The Bertz CT molecular complexity index is 1090. The Morgan fingerprint density at radius 1 is 1.30 bits per heavy atom. The maximum Gasteiger partial charge on any atom is 0.234 e. The third-order valence-corrected chi connectivity index (χ3v) is 5.08. The molecule has 2 N–H and O–H groups in total. The average Bonchev–Trinajstić information content (AvgIpc) is 3.16. The van der Waals surface area contributed by atoms with E-state index in [0.29, 0.717) is 35.1 Å². The number of rotatable bonds is 8. The van der Waals surface area contributed by atoms with E-state index >= 15 is 0 Å². The number of hydrogen-bond donors (Lipinski definition) is 2. The quantitative estimate of drug-likeness (QED) is 0.412. The van der Waals surface area contributed by atoms with Gasteiger partial charge in [-0.25, -0.2) is 18.8 Å². The smallest absolute Gasteiger partial charge is 0.234 e. The van der Waals surface area contributed by atoms with Gasteiger partial charge in [-0.05, 0) is 31.8 Å². The molecule has 0 unspecified atom stereocenters. The van der Waals surface area contributed by atoms with E-state index in [2.05, 4.69) is 37.5 Å². The number of aromatic nitrogens is 4. The molecule has 0 aliphatic carbocycles. The van der Waals surface area contributed by atoms with Crippen molar-refractivity contribution >= 4 is 41.6 Å². The fourth-order valence-electron chi connectivity index (χ4n) is 2.69. The number of nitrogens with one attached hydrogen (secondary N) is 2. The van der Waals surface area contributed by atoms with Crippen molar-refractivity contribution in [2.24, 2.45) is 4.99 Å². The second kappa shape index (κ2) is 9.44. The average molecular weight is 433 g/mol. The van der Waals surface area contributed by atoms with Crippen LogP contribution in [-0.2, 0) is 11.3 Å². The maximum absolute atomic E-state index is 13.7. The summed E-state index contributed by atoms with van der Waals surface area (Å²) in [4.78, 5) is 20.3. The van der Waals surface area contributed by atoms with Crippen molar-refractivity contribution in [3.8, 4) is 11.4 Å². The van der Waals surface area contributed by atoms with Crippen LogP contribution in [0.1, 0.15) is 8.35 Å². The minimum atomic E-state index is -0.836. The van der Waals surface area contributed by atoms with Crippen molar-refractivity contribution in [2.45, 2.75) is 18.6 Å². The maximum atomic E-state index is 13.7. The van der Waals surface area contributed by atoms with Crippen LogP contribution in [0.2, 0.25) is 0 Å². The number of amides is 1. The van der Waals surface area contributed by atoms with E-state index in [1.807, 2.05) is 17.6 Å². The molecule has 11 heteroatoms. The molecule has 0 radical (unpaired) electrons. The number of hydrogen-bond acceptors (Lipinski definition) is 7. The lowest BCUT2D eigenvalue weighted by Gasteiger charge is -2.10. The van der Waals surface area contributed by atoms with E-state index in [1.54, 1.807) is 13.2 Å². The number of halogens is 2. The Kier molecular flexibility index (Phi) is 6.72. The Morgan fingerprint density at radius 2 is 2.10 bits per heavy atom. The molecule has 0 fully saturated rings. The molecule has 3 aromatic rings. The summed E-state index contributed by atoms with van der Waals surface area (Å²) < 4.78 is 28.5. The van der Waals surface area contributed by atoms with Gasteiger partial charge >= 0.3 is 0 Å². The molecule has 0 saturated carbocycles. The summed E-state index contributed by atoms with van der Waals surface area (Å²) in [7, 11) is 1.75. The molecule has 0 aliphatic rings. The van der Waals surface area contributed by atoms with Gasteiger partial charge in [0.05, 0.1) is 17.1 Å². The Hall–Kier alpha value is -3.34. The molecule has 3 rings (SSSR count). The van der Waals surface area contributed by atoms with Crippen LogP contribution in [0.5, 0.6) is 0 Å². The molecule has 30 heavy (non-hydrogen) atoms. The molecule has 0 saturated heterocycles. The molecule has 1 amide bonds. The zero-order valence-corrected chi connectivity index (χ0v) is 17.1.